The minimum atomic E-state index is -3.84. The Bertz CT molecular complexity index is 896. The Morgan fingerprint density at radius 1 is 1.04 bits per heavy atom. The molecule has 0 saturated heterocycles. The fraction of sp³-hybridized carbons (Fsp3) is 0.188. The number of rotatable bonds is 5. The van der Waals surface area contributed by atoms with E-state index in [0.717, 1.165) is 12.8 Å². The van der Waals surface area contributed by atoms with Crippen molar-refractivity contribution in [2.75, 3.05) is 4.72 Å². The largest absolute Gasteiger partial charge is 0.349 e. The van der Waals surface area contributed by atoms with Crippen LogP contribution in [-0.4, -0.2) is 20.4 Å². The van der Waals surface area contributed by atoms with Crippen LogP contribution in [0.25, 0.3) is 0 Å². The standard InChI is InChI=1S/C16H14Cl2N2O3S/c17-14-7-6-12(9-15(14)18)20-24(22,23)13-3-1-2-10(8-13)16(21)19-11-4-5-11/h1-3,6-9,11,20H,4-5H2,(H,19,21). The van der Waals surface area contributed by atoms with Crippen LogP contribution in [0.5, 0.6) is 0 Å². The SMILES string of the molecule is O=C(NC1CC1)c1cccc(S(=O)(=O)Nc2ccc(Cl)c(Cl)c2)c1. The van der Waals surface area contributed by atoms with Gasteiger partial charge in [0, 0.05) is 11.6 Å². The highest BCUT2D eigenvalue weighted by molar-refractivity contribution is 7.92. The molecule has 0 radical (unpaired) electrons. The van der Waals surface area contributed by atoms with Crippen LogP contribution < -0.4 is 10.0 Å². The van der Waals surface area contributed by atoms with Crippen LogP contribution >= 0.6 is 23.2 Å². The van der Waals surface area contributed by atoms with E-state index in [1.165, 1.54) is 36.4 Å². The summed E-state index contributed by atoms with van der Waals surface area (Å²) in [6.07, 6.45) is 1.92. The van der Waals surface area contributed by atoms with E-state index in [9.17, 15) is 13.2 Å². The van der Waals surface area contributed by atoms with Crippen LogP contribution in [0.3, 0.4) is 0 Å². The topological polar surface area (TPSA) is 75.3 Å². The Kier molecular flexibility index (Phi) is 4.71. The number of amides is 1. The third kappa shape index (κ3) is 4.01. The number of hydrogen-bond acceptors (Lipinski definition) is 3. The second kappa shape index (κ2) is 6.63. The Hall–Kier alpha value is -1.76. The molecule has 1 amide bonds. The number of sulfonamides is 1. The van der Waals surface area contributed by atoms with Crippen LogP contribution in [0.2, 0.25) is 10.0 Å². The molecule has 1 aliphatic rings. The van der Waals surface area contributed by atoms with Crippen molar-refractivity contribution in [3.63, 3.8) is 0 Å². The summed E-state index contributed by atoms with van der Waals surface area (Å²) in [4.78, 5) is 12.1. The molecule has 0 bridgehead atoms. The van der Waals surface area contributed by atoms with Gasteiger partial charge in [-0.2, -0.15) is 0 Å². The first kappa shape index (κ1) is 17.1. The Morgan fingerprint density at radius 2 is 1.79 bits per heavy atom. The smallest absolute Gasteiger partial charge is 0.261 e. The summed E-state index contributed by atoms with van der Waals surface area (Å²) in [5, 5.41) is 3.40. The molecular weight excluding hydrogens is 371 g/mol. The van der Waals surface area contributed by atoms with Gasteiger partial charge in [-0.3, -0.25) is 9.52 Å². The van der Waals surface area contributed by atoms with Gasteiger partial charge in [0.1, 0.15) is 0 Å². The number of benzene rings is 2. The molecule has 0 aromatic heterocycles. The van der Waals surface area contributed by atoms with E-state index < -0.39 is 10.0 Å². The predicted octanol–water partition coefficient (Wildman–Crippen LogP) is 3.69. The van der Waals surface area contributed by atoms with Gasteiger partial charge >= 0.3 is 0 Å². The number of anilines is 1. The minimum absolute atomic E-state index is 0.00276. The summed E-state index contributed by atoms with van der Waals surface area (Å²) in [6.45, 7) is 0. The summed E-state index contributed by atoms with van der Waals surface area (Å²) in [6, 6.07) is 10.5. The zero-order valence-corrected chi connectivity index (χ0v) is 14.8. The second-order valence-corrected chi connectivity index (χ2v) is 8.01. The molecule has 8 heteroatoms. The van der Waals surface area contributed by atoms with Gasteiger partial charge in [-0.15, -0.1) is 0 Å². The Balaban J connectivity index is 1.83. The van der Waals surface area contributed by atoms with Crippen LogP contribution in [0.4, 0.5) is 5.69 Å². The van der Waals surface area contributed by atoms with Crippen molar-refractivity contribution < 1.29 is 13.2 Å². The van der Waals surface area contributed by atoms with Crippen molar-refractivity contribution in [1.82, 2.24) is 5.32 Å². The summed E-state index contributed by atoms with van der Waals surface area (Å²) < 4.78 is 27.4. The molecule has 126 valence electrons. The van der Waals surface area contributed by atoms with Gasteiger partial charge in [0.15, 0.2) is 0 Å². The molecule has 0 spiro atoms. The molecule has 0 heterocycles. The van der Waals surface area contributed by atoms with E-state index in [-0.39, 0.29) is 27.6 Å². The highest BCUT2D eigenvalue weighted by Gasteiger charge is 2.24. The van der Waals surface area contributed by atoms with Crippen molar-refractivity contribution >= 4 is 44.8 Å². The third-order valence-corrected chi connectivity index (χ3v) is 5.61. The molecule has 1 fully saturated rings. The van der Waals surface area contributed by atoms with E-state index in [1.807, 2.05) is 0 Å². The first-order valence-electron chi connectivity index (χ1n) is 7.24. The number of carbonyl (C=O) groups is 1. The molecule has 0 atom stereocenters. The van der Waals surface area contributed by atoms with Gasteiger partial charge in [-0.05, 0) is 49.2 Å². The van der Waals surface area contributed by atoms with Gasteiger partial charge in [-0.1, -0.05) is 29.3 Å². The maximum absolute atomic E-state index is 12.5. The zero-order chi connectivity index (χ0) is 17.3. The first-order chi connectivity index (χ1) is 11.3. The summed E-state index contributed by atoms with van der Waals surface area (Å²) in [5.74, 6) is -0.274. The van der Waals surface area contributed by atoms with E-state index >= 15 is 0 Å². The van der Waals surface area contributed by atoms with E-state index in [0.29, 0.717) is 10.6 Å². The van der Waals surface area contributed by atoms with Gasteiger partial charge in [0.05, 0.1) is 20.6 Å². The quantitative estimate of drug-likeness (QED) is 0.825. The molecule has 1 saturated carbocycles. The number of hydrogen-bond donors (Lipinski definition) is 2. The first-order valence-corrected chi connectivity index (χ1v) is 9.48. The molecule has 2 aromatic carbocycles. The molecule has 0 aliphatic heterocycles. The average molecular weight is 385 g/mol. The Morgan fingerprint density at radius 3 is 2.46 bits per heavy atom. The normalized spacial score (nSPS) is 14.2. The lowest BCUT2D eigenvalue weighted by Crippen LogP contribution is -2.25. The van der Waals surface area contributed by atoms with Gasteiger partial charge in [-0.25, -0.2) is 8.42 Å². The lowest BCUT2D eigenvalue weighted by atomic mass is 10.2. The lowest BCUT2D eigenvalue weighted by molar-refractivity contribution is 0.0951. The summed E-state index contributed by atoms with van der Waals surface area (Å²) in [7, 11) is -3.84. The highest BCUT2D eigenvalue weighted by atomic mass is 35.5. The third-order valence-electron chi connectivity index (χ3n) is 3.49. The monoisotopic (exact) mass is 384 g/mol. The van der Waals surface area contributed by atoms with Crippen molar-refractivity contribution in [2.24, 2.45) is 0 Å². The van der Waals surface area contributed by atoms with Crippen LogP contribution in [0.15, 0.2) is 47.4 Å². The average Bonchev–Trinajstić information content (AvgIpc) is 3.35. The van der Waals surface area contributed by atoms with Crippen molar-refractivity contribution in [1.29, 1.82) is 0 Å². The molecule has 3 rings (SSSR count). The summed E-state index contributed by atoms with van der Waals surface area (Å²) >= 11 is 11.7. The molecular formula is C16H14Cl2N2O3S. The summed E-state index contributed by atoms with van der Waals surface area (Å²) in [5.41, 5.74) is 0.594. The molecule has 1 aliphatic carbocycles. The molecule has 0 unspecified atom stereocenters. The molecule has 24 heavy (non-hydrogen) atoms. The number of carbonyl (C=O) groups excluding carboxylic acids is 1. The molecule has 5 nitrogen and oxygen atoms in total. The van der Waals surface area contributed by atoms with Crippen molar-refractivity contribution in [3.05, 3.63) is 58.1 Å². The van der Waals surface area contributed by atoms with E-state index in [1.54, 1.807) is 6.07 Å². The number of nitrogens with one attached hydrogen (secondary N) is 2. The maximum atomic E-state index is 12.5. The lowest BCUT2D eigenvalue weighted by Gasteiger charge is -2.10. The predicted molar refractivity (Wildman–Crippen MR) is 94.2 cm³/mol. The van der Waals surface area contributed by atoms with E-state index in [2.05, 4.69) is 10.0 Å². The van der Waals surface area contributed by atoms with Crippen LogP contribution in [-0.2, 0) is 10.0 Å². The second-order valence-electron chi connectivity index (χ2n) is 5.51. The van der Waals surface area contributed by atoms with Gasteiger partial charge in [0.25, 0.3) is 15.9 Å². The van der Waals surface area contributed by atoms with Crippen LogP contribution in [0, 0.1) is 0 Å². The minimum Gasteiger partial charge on any atom is -0.349 e. The fourth-order valence-corrected chi connectivity index (χ4v) is 3.47. The number of halogens is 2. The van der Waals surface area contributed by atoms with Crippen LogP contribution in [0.1, 0.15) is 23.2 Å². The highest BCUT2D eigenvalue weighted by Crippen LogP contribution is 2.26. The molecule has 2 aromatic rings. The van der Waals surface area contributed by atoms with Crippen molar-refractivity contribution in [2.45, 2.75) is 23.8 Å². The van der Waals surface area contributed by atoms with Gasteiger partial charge in [0.2, 0.25) is 0 Å². The molecule has 2 N–H and O–H groups in total. The van der Waals surface area contributed by atoms with E-state index in [4.69, 9.17) is 23.2 Å². The fourth-order valence-electron chi connectivity index (χ4n) is 2.07. The van der Waals surface area contributed by atoms with Crippen molar-refractivity contribution in [3.8, 4) is 0 Å². The maximum Gasteiger partial charge on any atom is 0.261 e. The Labute approximate surface area is 150 Å². The van der Waals surface area contributed by atoms with Gasteiger partial charge < -0.3 is 5.32 Å². The zero-order valence-electron chi connectivity index (χ0n) is 12.4.